The number of rotatable bonds is 3. The largest absolute Gasteiger partial charge is 0.468 e. The number of esters is 1. The summed E-state index contributed by atoms with van der Waals surface area (Å²) >= 11 is 1.51. The molecular weight excluding hydrogens is 280 g/mol. The van der Waals surface area contributed by atoms with Gasteiger partial charge >= 0.3 is 5.97 Å². The molecule has 0 spiro atoms. The summed E-state index contributed by atoms with van der Waals surface area (Å²) in [6.07, 6.45) is 2.88. The van der Waals surface area contributed by atoms with E-state index in [1.165, 1.54) is 41.1 Å². The van der Waals surface area contributed by atoms with Crippen molar-refractivity contribution < 1.29 is 9.53 Å². The minimum Gasteiger partial charge on any atom is -0.468 e. The third-order valence-electron chi connectivity index (χ3n) is 4.33. The first kappa shape index (κ1) is 14.2. The molecule has 1 aliphatic carbocycles. The fourth-order valence-electron chi connectivity index (χ4n) is 2.96. The number of carbonyl (C=O) groups is 1. The topological polar surface area (TPSA) is 26.3 Å². The van der Waals surface area contributed by atoms with E-state index in [2.05, 4.69) is 36.4 Å². The zero-order chi connectivity index (χ0) is 15.0. The Morgan fingerprint density at radius 3 is 2.57 bits per heavy atom. The number of ether oxygens (including phenoxy) is 1. The van der Waals surface area contributed by atoms with Crippen LogP contribution in [0.1, 0.15) is 23.6 Å². The van der Waals surface area contributed by atoms with Crippen molar-refractivity contribution in [2.45, 2.75) is 18.1 Å². The lowest BCUT2D eigenvalue weighted by molar-refractivity contribution is -0.143. The molecule has 3 rings (SSSR count). The normalized spacial score (nSPS) is 15.0. The monoisotopic (exact) mass is 298 g/mol. The summed E-state index contributed by atoms with van der Waals surface area (Å²) in [4.78, 5) is 12.1. The van der Waals surface area contributed by atoms with Crippen LogP contribution in [0.3, 0.4) is 0 Å². The average Bonchev–Trinajstić information content (AvgIpc) is 2.90. The lowest BCUT2D eigenvalue weighted by Gasteiger charge is -2.25. The van der Waals surface area contributed by atoms with Crippen LogP contribution in [0.4, 0.5) is 0 Å². The van der Waals surface area contributed by atoms with Crippen molar-refractivity contribution in [1.29, 1.82) is 0 Å². The zero-order valence-corrected chi connectivity index (χ0v) is 13.3. The molecule has 21 heavy (non-hydrogen) atoms. The second kappa shape index (κ2) is 5.23. The van der Waals surface area contributed by atoms with Crippen LogP contribution in [0, 0.1) is 0 Å². The van der Waals surface area contributed by atoms with Gasteiger partial charge in [0.05, 0.1) is 7.11 Å². The van der Waals surface area contributed by atoms with Gasteiger partial charge in [0, 0.05) is 0 Å². The molecule has 0 heterocycles. The summed E-state index contributed by atoms with van der Waals surface area (Å²) in [5.74, 6) is -0.203. The van der Waals surface area contributed by atoms with Crippen LogP contribution in [0.15, 0.2) is 42.5 Å². The number of benzene rings is 2. The molecule has 0 aliphatic heterocycles. The summed E-state index contributed by atoms with van der Waals surface area (Å²) in [7, 11) is 1.44. The third kappa shape index (κ3) is 2.16. The maximum Gasteiger partial charge on any atom is 0.326 e. The van der Waals surface area contributed by atoms with Gasteiger partial charge in [0.1, 0.15) is 4.75 Å². The molecular formula is C18H18O2S. The quantitative estimate of drug-likeness (QED) is 0.683. The summed E-state index contributed by atoms with van der Waals surface area (Å²) < 4.78 is 4.33. The molecule has 2 nitrogen and oxygen atoms in total. The Balaban J connectivity index is 2.06. The van der Waals surface area contributed by atoms with Crippen molar-refractivity contribution in [2.75, 3.05) is 13.4 Å². The van der Waals surface area contributed by atoms with E-state index in [1.807, 2.05) is 19.2 Å². The van der Waals surface area contributed by atoms with E-state index in [4.69, 9.17) is 4.74 Å². The average molecular weight is 298 g/mol. The molecule has 0 aromatic heterocycles. The molecule has 0 amide bonds. The maximum absolute atomic E-state index is 12.1. The van der Waals surface area contributed by atoms with Crippen molar-refractivity contribution in [1.82, 2.24) is 0 Å². The molecule has 108 valence electrons. The molecule has 0 N–H and O–H groups in total. The SMILES string of the molecule is COC(=O)C(C)(SC)c1ccc2c(c1)Cc1ccccc1-2. The summed E-state index contributed by atoms with van der Waals surface area (Å²) in [6.45, 7) is 1.92. The van der Waals surface area contributed by atoms with Gasteiger partial charge in [-0.2, -0.15) is 0 Å². The number of thioether (sulfide) groups is 1. The van der Waals surface area contributed by atoms with E-state index >= 15 is 0 Å². The van der Waals surface area contributed by atoms with Gasteiger partial charge in [-0.15, -0.1) is 11.8 Å². The van der Waals surface area contributed by atoms with Crippen molar-refractivity contribution >= 4 is 17.7 Å². The molecule has 0 saturated carbocycles. The summed E-state index contributed by atoms with van der Waals surface area (Å²) in [6, 6.07) is 14.8. The van der Waals surface area contributed by atoms with Crippen LogP contribution >= 0.6 is 11.8 Å². The van der Waals surface area contributed by atoms with Gasteiger partial charge in [-0.25, -0.2) is 0 Å². The molecule has 0 saturated heterocycles. The highest BCUT2D eigenvalue weighted by atomic mass is 32.2. The van der Waals surface area contributed by atoms with Crippen LogP contribution in [0.5, 0.6) is 0 Å². The van der Waals surface area contributed by atoms with Gasteiger partial charge in [-0.3, -0.25) is 4.79 Å². The molecule has 2 aromatic carbocycles. The fraction of sp³-hybridized carbons (Fsp3) is 0.278. The third-order valence-corrected chi connectivity index (χ3v) is 5.55. The Kier molecular flexibility index (Phi) is 3.54. The molecule has 1 unspecified atom stereocenters. The minimum atomic E-state index is -0.654. The number of methoxy groups -OCH3 is 1. The highest BCUT2D eigenvalue weighted by molar-refractivity contribution is 8.00. The van der Waals surface area contributed by atoms with Crippen molar-refractivity contribution in [2.24, 2.45) is 0 Å². The van der Waals surface area contributed by atoms with E-state index in [9.17, 15) is 4.79 Å². The summed E-state index contributed by atoms with van der Waals surface area (Å²) in [5, 5.41) is 0. The molecule has 0 bridgehead atoms. The van der Waals surface area contributed by atoms with Gasteiger partial charge in [0.15, 0.2) is 0 Å². The van der Waals surface area contributed by atoms with Gasteiger partial charge in [0.2, 0.25) is 0 Å². The zero-order valence-electron chi connectivity index (χ0n) is 12.5. The molecule has 3 heteroatoms. The Bertz CT molecular complexity index is 708. The van der Waals surface area contributed by atoms with Gasteiger partial charge < -0.3 is 4.74 Å². The second-order valence-electron chi connectivity index (χ2n) is 5.43. The Morgan fingerprint density at radius 1 is 1.14 bits per heavy atom. The molecule has 0 radical (unpaired) electrons. The van der Waals surface area contributed by atoms with E-state index < -0.39 is 4.75 Å². The number of hydrogen-bond acceptors (Lipinski definition) is 3. The van der Waals surface area contributed by atoms with E-state index in [-0.39, 0.29) is 5.97 Å². The van der Waals surface area contributed by atoms with E-state index in [1.54, 1.807) is 0 Å². The smallest absolute Gasteiger partial charge is 0.326 e. The first-order valence-electron chi connectivity index (χ1n) is 6.95. The van der Waals surface area contributed by atoms with E-state index in [0.717, 1.165) is 12.0 Å². The van der Waals surface area contributed by atoms with Crippen LogP contribution < -0.4 is 0 Å². The van der Waals surface area contributed by atoms with E-state index in [0.29, 0.717) is 0 Å². The highest BCUT2D eigenvalue weighted by Gasteiger charge is 2.36. The Labute approximate surface area is 129 Å². The molecule has 1 aliphatic rings. The number of fused-ring (bicyclic) bond motifs is 3. The van der Waals surface area contributed by atoms with Gasteiger partial charge in [-0.05, 0) is 47.4 Å². The maximum atomic E-state index is 12.1. The lowest BCUT2D eigenvalue weighted by atomic mass is 9.95. The lowest BCUT2D eigenvalue weighted by Crippen LogP contribution is -2.30. The molecule has 2 aromatic rings. The summed E-state index contributed by atoms with van der Waals surface area (Å²) in [5.41, 5.74) is 6.24. The minimum absolute atomic E-state index is 0.203. The van der Waals surface area contributed by atoms with Crippen molar-refractivity contribution in [3.63, 3.8) is 0 Å². The second-order valence-corrected chi connectivity index (χ2v) is 6.66. The molecule has 0 fully saturated rings. The first-order valence-corrected chi connectivity index (χ1v) is 8.18. The Morgan fingerprint density at radius 2 is 1.86 bits per heavy atom. The van der Waals surface area contributed by atoms with Crippen molar-refractivity contribution in [3.8, 4) is 11.1 Å². The fourth-order valence-corrected chi connectivity index (χ4v) is 3.57. The van der Waals surface area contributed by atoms with Crippen LogP contribution in [-0.2, 0) is 20.7 Å². The predicted molar refractivity (Wildman–Crippen MR) is 87.6 cm³/mol. The highest BCUT2D eigenvalue weighted by Crippen LogP contribution is 2.41. The van der Waals surface area contributed by atoms with Crippen LogP contribution in [0.25, 0.3) is 11.1 Å². The van der Waals surface area contributed by atoms with Crippen LogP contribution in [-0.4, -0.2) is 19.3 Å². The standard InChI is InChI=1S/C18H18O2S/c1-18(21-3,17(19)20-2)14-8-9-16-13(11-14)10-12-6-4-5-7-15(12)16/h4-9,11H,10H2,1-3H3. The van der Waals surface area contributed by atoms with Gasteiger partial charge in [0.25, 0.3) is 0 Å². The molecule has 1 atom stereocenters. The van der Waals surface area contributed by atoms with Crippen molar-refractivity contribution in [3.05, 3.63) is 59.2 Å². The number of carbonyl (C=O) groups excluding carboxylic acids is 1. The van der Waals surface area contributed by atoms with Crippen LogP contribution in [0.2, 0.25) is 0 Å². The number of hydrogen-bond donors (Lipinski definition) is 0. The first-order chi connectivity index (χ1) is 10.1. The Hall–Kier alpha value is -1.74. The predicted octanol–water partition coefficient (Wildman–Crippen LogP) is 4.01. The van der Waals surface area contributed by atoms with Gasteiger partial charge in [-0.1, -0.05) is 42.5 Å².